The maximum absolute atomic E-state index is 12.0. The van der Waals surface area contributed by atoms with E-state index < -0.39 is 0 Å². The summed E-state index contributed by atoms with van der Waals surface area (Å²) in [6.45, 7) is 1.64. The molecule has 1 amide bonds. The maximum atomic E-state index is 12.0. The molecule has 1 heterocycles. The number of carbonyl (C=O) groups is 1. The number of rotatable bonds is 6. The van der Waals surface area contributed by atoms with Gasteiger partial charge in [0.25, 0.3) is 5.91 Å². The highest BCUT2D eigenvalue weighted by Gasteiger charge is 2.25. The lowest BCUT2D eigenvalue weighted by atomic mass is 9.91. The molecule has 5 nitrogen and oxygen atoms in total. The van der Waals surface area contributed by atoms with Crippen LogP contribution in [-0.2, 0) is 0 Å². The van der Waals surface area contributed by atoms with E-state index in [1.165, 1.54) is 19.3 Å². The number of carbonyl (C=O) groups excluding carboxylic acids is 1. The minimum atomic E-state index is -0.0563. The third kappa shape index (κ3) is 3.28. The molecular formula is C15H24N4O. The molecule has 0 aliphatic heterocycles. The van der Waals surface area contributed by atoms with Crippen LogP contribution in [0.3, 0.4) is 0 Å². The first-order valence-electron chi connectivity index (χ1n) is 7.28. The van der Waals surface area contributed by atoms with Crippen molar-refractivity contribution in [3.63, 3.8) is 0 Å². The molecule has 1 aromatic rings. The van der Waals surface area contributed by atoms with Gasteiger partial charge in [-0.1, -0.05) is 0 Å². The van der Waals surface area contributed by atoms with Gasteiger partial charge in [0.05, 0.1) is 0 Å². The van der Waals surface area contributed by atoms with Crippen LogP contribution in [0.4, 0.5) is 5.69 Å². The lowest BCUT2D eigenvalue weighted by Gasteiger charge is -2.39. The normalized spacial score (nSPS) is 14.8. The van der Waals surface area contributed by atoms with Crippen molar-refractivity contribution in [1.29, 1.82) is 0 Å². The van der Waals surface area contributed by atoms with Gasteiger partial charge >= 0.3 is 0 Å². The molecule has 1 aliphatic carbocycles. The van der Waals surface area contributed by atoms with E-state index in [0.717, 1.165) is 18.7 Å². The highest BCUT2D eigenvalue weighted by atomic mass is 16.2. The predicted octanol–water partition coefficient (Wildman–Crippen LogP) is 1.49. The molecule has 0 bridgehead atoms. The van der Waals surface area contributed by atoms with E-state index in [-0.39, 0.29) is 5.91 Å². The molecule has 1 aromatic heterocycles. The molecule has 2 N–H and O–H groups in total. The standard InChI is InChI=1S/C15H24N4O/c1-18(2)15(20)14-11-13(7-9-17-14)19(10-4-8-16)12-5-3-6-12/h7,9,11-12H,3-6,8,10,16H2,1-2H3. The molecule has 5 heteroatoms. The van der Waals surface area contributed by atoms with E-state index >= 15 is 0 Å². The van der Waals surface area contributed by atoms with Crippen LogP contribution in [0.25, 0.3) is 0 Å². The third-order valence-corrected chi connectivity index (χ3v) is 3.82. The fourth-order valence-electron chi connectivity index (χ4n) is 2.43. The van der Waals surface area contributed by atoms with Gasteiger partial charge < -0.3 is 15.5 Å². The lowest BCUT2D eigenvalue weighted by molar-refractivity contribution is 0.0822. The van der Waals surface area contributed by atoms with E-state index in [0.29, 0.717) is 18.3 Å². The second-order valence-electron chi connectivity index (χ2n) is 5.52. The van der Waals surface area contributed by atoms with Gasteiger partial charge in [-0.15, -0.1) is 0 Å². The molecule has 110 valence electrons. The molecule has 0 unspecified atom stereocenters. The van der Waals surface area contributed by atoms with E-state index in [1.54, 1.807) is 25.2 Å². The molecule has 0 atom stereocenters. The van der Waals surface area contributed by atoms with Gasteiger partial charge in [0.2, 0.25) is 0 Å². The molecule has 1 fully saturated rings. The van der Waals surface area contributed by atoms with Crippen molar-refractivity contribution in [2.24, 2.45) is 5.73 Å². The molecule has 0 saturated heterocycles. The van der Waals surface area contributed by atoms with E-state index in [2.05, 4.69) is 9.88 Å². The van der Waals surface area contributed by atoms with E-state index in [1.807, 2.05) is 12.1 Å². The van der Waals surface area contributed by atoms with Gasteiger partial charge in [0.1, 0.15) is 5.69 Å². The Morgan fingerprint density at radius 3 is 2.75 bits per heavy atom. The number of hydrogen-bond acceptors (Lipinski definition) is 4. The number of aromatic nitrogens is 1. The number of amides is 1. The Hall–Kier alpha value is -1.62. The van der Waals surface area contributed by atoms with Gasteiger partial charge in [-0.05, 0) is 44.4 Å². The lowest BCUT2D eigenvalue weighted by Crippen LogP contribution is -2.41. The Morgan fingerprint density at radius 2 is 2.20 bits per heavy atom. The summed E-state index contributed by atoms with van der Waals surface area (Å²) in [7, 11) is 3.49. The summed E-state index contributed by atoms with van der Waals surface area (Å²) in [5.41, 5.74) is 7.22. The third-order valence-electron chi connectivity index (χ3n) is 3.82. The number of nitrogens with two attached hydrogens (primary N) is 1. The summed E-state index contributed by atoms with van der Waals surface area (Å²) in [6.07, 6.45) is 6.43. The first-order chi connectivity index (χ1) is 9.63. The van der Waals surface area contributed by atoms with Crippen LogP contribution < -0.4 is 10.6 Å². The van der Waals surface area contributed by atoms with Crippen LogP contribution in [-0.4, -0.2) is 49.0 Å². The quantitative estimate of drug-likeness (QED) is 0.855. The average molecular weight is 276 g/mol. The van der Waals surface area contributed by atoms with Crippen LogP contribution in [0.1, 0.15) is 36.2 Å². The number of hydrogen-bond donors (Lipinski definition) is 1. The monoisotopic (exact) mass is 276 g/mol. The van der Waals surface area contributed by atoms with Crippen LogP contribution >= 0.6 is 0 Å². The molecule has 1 saturated carbocycles. The van der Waals surface area contributed by atoms with Crippen molar-refractivity contribution in [2.75, 3.05) is 32.1 Å². The second-order valence-corrected chi connectivity index (χ2v) is 5.52. The van der Waals surface area contributed by atoms with Gasteiger partial charge in [0.15, 0.2) is 0 Å². The minimum Gasteiger partial charge on any atom is -0.368 e. The Labute approximate surface area is 120 Å². The van der Waals surface area contributed by atoms with Crippen molar-refractivity contribution in [1.82, 2.24) is 9.88 Å². The highest BCUT2D eigenvalue weighted by Crippen LogP contribution is 2.29. The molecule has 0 spiro atoms. The molecule has 20 heavy (non-hydrogen) atoms. The smallest absolute Gasteiger partial charge is 0.272 e. The Balaban J connectivity index is 2.19. The fourth-order valence-corrected chi connectivity index (χ4v) is 2.43. The van der Waals surface area contributed by atoms with E-state index in [4.69, 9.17) is 5.73 Å². The highest BCUT2D eigenvalue weighted by molar-refractivity contribution is 5.92. The van der Waals surface area contributed by atoms with Crippen LogP contribution in [0.5, 0.6) is 0 Å². The van der Waals surface area contributed by atoms with E-state index in [9.17, 15) is 4.79 Å². The van der Waals surface area contributed by atoms with Gasteiger partial charge in [-0.2, -0.15) is 0 Å². The zero-order valence-electron chi connectivity index (χ0n) is 12.4. The summed E-state index contributed by atoms with van der Waals surface area (Å²) in [6, 6.07) is 4.48. The molecule has 2 rings (SSSR count). The topological polar surface area (TPSA) is 62.5 Å². The van der Waals surface area contributed by atoms with Crippen molar-refractivity contribution in [3.05, 3.63) is 24.0 Å². The van der Waals surface area contributed by atoms with Gasteiger partial charge in [0, 0.05) is 38.6 Å². The van der Waals surface area contributed by atoms with Crippen molar-refractivity contribution in [3.8, 4) is 0 Å². The molecule has 1 aliphatic rings. The van der Waals surface area contributed by atoms with Gasteiger partial charge in [-0.3, -0.25) is 9.78 Å². The zero-order valence-corrected chi connectivity index (χ0v) is 12.4. The SMILES string of the molecule is CN(C)C(=O)c1cc(N(CCCN)C2CCC2)ccn1. The van der Waals surface area contributed by atoms with Crippen LogP contribution in [0.15, 0.2) is 18.3 Å². The van der Waals surface area contributed by atoms with Crippen molar-refractivity contribution in [2.45, 2.75) is 31.7 Å². The van der Waals surface area contributed by atoms with Gasteiger partial charge in [-0.25, -0.2) is 0 Å². The van der Waals surface area contributed by atoms with Crippen molar-refractivity contribution < 1.29 is 4.79 Å². The summed E-state index contributed by atoms with van der Waals surface area (Å²) < 4.78 is 0. The maximum Gasteiger partial charge on any atom is 0.272 e. The molecule has 0 radical (unpaired) electrons. The Morgan fingerprint density at radius 1 is 1.45 bits per heavy atom. The first kappa shape index (κ1) is 14.8. The first-order valence-corrected chi connectivity index (χ1v) is 7.28. The van der Waals surface area contributed by atoms with Crippen LogP contribution in [0.2, 0.25) is 0 Å². The summed E-state index contributed by atoms with van der Waals surface area (Å²) in [5, 5.41) is 0. The summed E-state index contributed by atoms with van der Waals surface area (Å²) in [5.74, 6) is -0.0563. The average Bonchev–Trinajstić information content (AvgIpc) is 2.40. The van der Waals surface area contributed by atoms with Crippen LogP contribution in [0, 0.1) is 0 Å². The van der Waals surface area contributed by atoms with Crippen molar-refractivity contribution >= 4 is 11.6 Å². The fraction of sp³-hybridized carbons (Fsp3) is 0.600. The zero-order chi connectivity index (χ0) is 14.5. The summed E-state index contributed by atoms with van der Waals surface area (Å²) in [4.78, 5) is 20.1. The minimum absolute atomic E-state index is 0.0563. The molecule has 0 aromatic carbocycles. The summed E-state index contributed by atoms with van der Waals surface area (Å²) >= 11 is 0. The number of nitrogens with zero attached hydrogens (tertiary/aromatic N) is 3. The Kier molecular flexibility index (Phi) is 4.95. The second kappa shape index (κ2) is 6.70. The molecular weight excluding hydrogens is 252 g/mol. The predicted molar refractivity (Wildman–Crippen MR) is 80.9 cm³/mol. The number of pyridine rings is 1. The Bertz CT molecular complexity index is 457. The number of anilines is 1. The largest absolute Gasteiger partial charge is 0.368 e.